The summed E-state index contributed by atoms with van der Waals surface area (Å²) >= 11 is 5.66. The van der Waals surface area contributed by atoms with Gasteiger partial charge in [-0.3, -0.25) is 0 Å². The molecule has 1 unspecified atom stereocenters. The standard InChI is InChI=1S/C14H11ClF3N/c15-10-3-1-2-9(14(10)18)7-13(19)8-4-5-11(16)12(17)6-8/h1-6,13H,7,19H2. The van der Waals surface area contributed by atoms with Gasteiger partial charge in [-0.25, -0.2) is 13.2 Å². The Balaban J connectivity index is 2.23. The number of nitrogens with two attached hydrogens (primary N) is 1. The molecule has 1 atom stereocenters. The van der Waals surface area contributed by atoms with Gasteiger partial charge in [-0.2, -0.15) is 0 Å². The van der Waals surface area contributed by atoms with E-state index < -0.39 is 23.5 Å². The first-order valence-electron chi connectivity index (χ1n) is 5.62. The molecule has 0 aliphatic rings. The molecular formula is C14H11ClF3N. The average molecular weight is 286 g/mol. The molecule has 0 saturated heterocycles. The third kappa shape index (κ3) is 3.08. The molecule has 100 valence electrons. The molecule has 0 aliphatic heterocycles. The third-order valence-electron chi connectivity index (χ3n) is 2.84. The Morgan fingerprint density at radius 1 is 1.05 bits per heavy atom. The van der Waals surface area contributed by atoms with Crippen molar-refractivity contribution in [2.24, 2.45) is 5.73 Å². The first-order chi connectivity index (χ1) is 8.99. The summed E-state index contributed by atoms with van der Waals surface area (Å²) in [6.45, 7) is 0. The summed E-state index contributed by atoms with van der Waals surface area (Å²) in [5.41, 5.74) is 6.60. The maximum atomic E-state index is 13.7. The summed E-state index contributed by atoms with van der Waals surface area (Å²) < 4.78 is 39.6. The highest BCUT2D eigenvalue weighted by Gasteiger charge is 2.14. The Morgan fingerprint density at radius 3 is 2.47 bits per heavy atom. The predicted molar refractivity (Wildman–Crippen MR) is 68.4 cm³/mol. The van der Waals surface area contributed by atoms with Crippen molar-refractivity contribution < 1.29 is 13.2 Å². The fourth-order valence-electron chi connectivity index (χ4n) is 1.80. The van der Waals surface area contributed by atoms with Crippen molar-refractivity contribution in [3.05, 3.63) is 70.0 Å². The molecule has 0 amide bonds. The Kier molecular flexibility index (Phi) is 4.12. The quantitative estimate of drug-likeness (QED) is 0.906. The molecule has 1 nitrogen and oxygen atoms in total. The van der Waals surface area contributed by atoms with Gasteiger partial charge in [0.05, 0.1) is 5.02 Å². The van der Waals surface area contributed by atoms with E-state index in [1.54, 1.807) is 12.1 Å². The largest absolute Gasteiger partial charge is 0.324 e. The van der Waals surface area contributed by atoms with Crippen LogP contribution >= 0.6 is 11.6 Å². The van der Waals surface area contributed by atoms with Crippen molar-refractivity contribution in [3.63, 3.8) is 0 Å². The highest BCUT2D eigenvalue weighted by Crippen LogP contribution is 2.23. The second-order valence-electron chi connectivity index (χ2n) is 4.20. The van der Waals surface area contributed by atoms with Gasteiger partial charge < -0.3 is 5.73 Å². The van der Waals surface area contributed by atoms with Gasteiger partial charge in [0.25, 0.3) is 0 Å². The molecule has 19 heavy (non-hydrogen) atoms. The van der Waals surface area contributed by atoms with Crippen LogP contribution < -0.4 is 5.73 Å². The summed E-state index contributed by atoms with van der Waals surface area (Å²) in [7, 11) is 0. The molecule has 5 heteroatoms. The predicted octanol–water partition coefficient (Wildman–Crippen LogP) is 4.00. The van der Waals surface area contributed by atoms with Crippen LogP contribution in [-0.2, 0) is 6.42 Å². The Hall–Kier alpha value is -1.52. The molecule has 0 radical (unpaired) electrons. The van der Waals surface area contributed by atoms with Crippen molar-refractivity contribution in [2.75, 3.05) is 0 Å². The lowest BCUT2D eigenvalue weighted by atomic mass is 9.99. The second kappa shape index (κ2) is 5.63. The minimum Gasteiger partial charge on any atom is -0.324 e. The summed E-state index contributed by atoms with van der Waals surface area (Å²) in [5.74, 6) is -2.45. The molecule has 0 aliphatic carbocycles. The van der Waals surface area contributed by atoms with Crippen LogP contribution in [0, 0.1) is 17.5 Å². The van der Waals surface area contributed by atoms with Gasteiger partial charge in [-0.1, -0.05) is 29.8 Å². The van der Waals surface area contributed by atoms with Crippen LogP contribution in [0.3, 0.4) is 0 Å². The van der Waals surface area contributed by atoms with E-state index in [4.69, 9.17) is 17.3 Å². The van der Waals surface area contributed by atoms with Gasteiger partial charge >= 0.3 is 0 Å². The van der Waals surface area contributed by atoms with Crippen LogP contribution in [0.15, 0.2) is 36.4 Å². The number of hydrogen-bond donors (Lipinski definition) is 1. The van der Waals surface area contributed by atoms with E-state index in [2.05, 4.69) is 0 Å². The average Bonchev–Trinajstić information content (AvgIpc) is 2.38. The second-order valence-corrected chi connectivity index (χ2v) is 4.60. The van der Waals surface area contributed by atoms with Crippen molar-refractivity contribution in [1.82, 2.24) is 0 Å². The topological polar surface area (TPSA) is 26.0 Å². The minimum absolute atomic E-state index is 0.00925. The molecule has 2 rings (SSSR count). The molecular weight excluding hydrogens is 275 g/mol. The fourth-order valence-corrected chi connectivity index (χ4v) is 2.00. The fraction of sp³-hybridized carbons (Fsp3) is 0.143. The van der Waals surface area contributed by atoms with Gasteiger partial charge in [0.1, 0.15) is 5.82 Å². The summed E-state index contributed by atoms with van der Waals surface area (Å²) in [4.78, 5) is 0. The molecule has 2 aromatic rings. The molecule has 0 fully saturated rings. The monoisotopic (exact) mass is 285 g/mol. The first kappa shape index (κ1) is 13.9. The van der Waals surface area contributed by atoms with E-state index in [9.17, 15) is 13.2 Å². The molecule has 0 spiro atoms. The third-order valence-corrected chi connectivity index (χ3v) is 3.14. The van der Waals surface area contributed by atoms with Gasteiger partial charge in [0.15, 0.2) is 11.6 Å². The first-order valence-corrected chi connectivity index (χ1v) is 6.00. The zero-order valence-corrected chi connectivity index (χ0v) is 10.6. The van der Waals surface area contributed by atoms with Crippen LogP contribution in [0.5, 0.6) is 0 Å². The van der Waals surface area contributed by atoms with E-state index >= 15 is 0 Å². The highest BCUT2D eigenvalue weighted by atomic mass is 35.5. The van der Waals surface area contributed by atoms with Gasteiger partial charge in [-0.15, -0.1) is 0 Å². The maximum Gasteiger partial charge on any atom is 0.159 e. The SMILES string of the molecule is NC(Cc1cccc(Cl)c1F)c1ccc(F)c(F)c1. The normalized spacial score (nSPS) is 12.5. The number of hydrogen-bond acceptors (Lipinski definition) is 1. The highest BCUT2D eigenvalue weighted by molar-refractivity contribution is 6.30. The van der Waals surface area contributed by atoms with Gasteiger partial charge in [-0.05, 0) is 35.7 Å². The van der Waals surface area contributed by atoms with Crippen molar-refractivity contribution >= 4 is 11.6 Å². The van der Waals surface area contributed by atoms with E-state index in [1.165, 1.54) is 12.1 Å². The van der Waals surface area contributed by atoms with Crippen molar-refractivity contribution in [1.29, 1.82) is 0 Å². The lowest BCUT2D eigenvalue weighted by Crippen LogP contribution is -2.14. The molecule has 2 aromatic carbocycles. The van der Waals surface area contributed by atoms with E-state index in [0.29, 0.717) is 11.1 Å². The lowest BCUT2D eigenvalue weighted by Gasteiger charge is -2.13. The number of halogens is 4. The summed E-state index contributed by atoms with van der Waals surface area (Å²) in [5, 5.41) is 0.00925. The van der Waals surface area contributed by atoms with Crippen molar-refractivity contribution in [2.45, 2.75) is 12.5 Å². The number of benzene rings is 2. The van der Waals surface area contributed by atoms with Crippen LogP contribution in [0.1, 0.15) is 17.2 Å². The number of rotatable bonds is 3. The summed E-state index contributed by atoms with van der Waals surface area (Å²) in [6.07, 6.45) is 0.150. The Morgan fingerprint density at radius 2 is 1.79 bits per heavy atom. The van der Waals surface area contributed by atoms with Crippen LogP contribution in [0.4, 0.5) is 13.2 Å². The smallest absolute Gasteiger partial charge is 0.159 e. The van der Waals surface area contributed by atoms with Crippen LogP contribution in [0.2, 0.25) is 5.02 Å². The molecule has 0 saturated carbocycles. The minimum atomic E-state index is -0.973. The van der Waals surface area contributed by atoms with Crippen molar-refractivity contribution in [3.8, 4) is 0 Å². The lowest BCUT2D eigenvalue weighted by molar-refractivity contribution is 0.504. The zero-order valence-electron chi connectivity index (χ0n) is 9.84. The molecule has 0 heterocycles. The van der Waals surface area contributed by atoms with Crippen LogP contribution in [0.25, 0.3) is 0 Å². The van der Waals surface area contributed by atoms with E-state index in [1.807, 2.05) is 0 Å². The van der Waals surface area contributed by atoms with Gasteiger partial charge in [0.2, 0.25) is 0 Å². The Bertz CT molecular complexity index is 601. The Labute approximate surface area is 113 Å². The molecule has 0 aromatic heterocycles. The molecule has 2 N–H and O–H groups in total. The molecule has 0 bridgehead atoms. The van der Waals surface area contributed by atoms with Gasteiger partial charge in [0, 0.05) is 6.04 Å². The zero-order chi connectivity index (χ0) is 14.0. The van der Waals surface area contributed by atoms with Crippen LogP contribution in [-0.4, -0.2) is 0 Å². The van der Waals surface area contributed by atoms with E-state index in [0.717, 1.165) is 12.1 Å². The maximum absolute atomic E-state index is 13.7. The summed E-state index contributed by atoms with van der Waals surface area (Å²) in [6, 6.07) is 7.36. The van der Waals surface area contributed by atoms with E-state index in [-0.39, 0.29) is 11.4 Å².